The zero-order valence-electron chi connectivity index (χ0n) is 16.2. The first-order valence-corrected chi connectivity index (χ1v) is 10.6. The molecule has 146 valence electrons. The second-order valence-electron chi connectivity index (χ2n) is 8.35. The van der Waals surface area contributed by atoms with Crippen LogP contribution in [0.2, 0.25) is 5.02 Å². The van der Waals surface area contributed by atoms with E-state index in [0.29, 0.717) is 11.5 Å². The van der Waals surface area contributed by atoms with E-state index in [-0.39, 0.29) is 0 Å². The molecule has 1 spiro atoms. The van der Waals surface area contributed by atoms with Crippen molar-refractivity contribution < 1.29 is 0 Å². The van der Waals surface area contributed by atoms with Crippen molar-refractivity contribution in [2.24, 2.45) is 11.1 Å². The van der Waals surface area contributed by atoms with Crippen molar-refractivity contribution in [1.82, 2.24) is 14.4 Å². The molecule has 6 heteroatoms. The average Bonchev–Trinajstić information content (AvgIpc) is 3.30. The third kappa shape index (κ3) is 2.80. The number of aromatic nitrogens is 3. The minimum Gasteiger partial charge on any atom is -0.342 e. The predicted octanol–water partition coefficient (Wildman–Crippen LogP) is 4.46. The van der Waals surface area contributed by atoms with Gasteiger partial charge in [0.2, 0.25) is 5.95 Å². The van der Waals surface area contributed by atoms with E-state index in [9.17, 15) is 0 Å². The molecular formula is C22H26ClN5. The average molecular weight is 396 g/mol. The van der Waals surface area contributed by atoms with Crippen molar-refractivity contribution in [2.75, 3.05) is 18.0 Å². The molecule has 1 aliphatic carbocycles. The Hall–Kier alpha value is -2.11. The molecule has 0 radical (unpaired) electrons. The lowest BCUT2D eigenvalue weighted by Crippen LogP contribution is -2.47. The second-order valence-corrected chi connectivity index (χ2v) is 8.79. The summed E-state index contributed by atoms with van der Waals surface area (Å²) in [6, 6.07) is 8.27. The third-order valence-electron chi connectivity index (χ3n) is 6.84. The van der Waals surface area contributed by atoms with E-state index in [1.54, 1.807) is 0 Å². The highest BCUT2D eigenvalue weighted by Gasteiger charge is 2.43. The van der Waals surface area contributed by atoms with Crippen molar-refractivity contribution in [3.63, 3.8) is 0 Å². The summed E-state index contributed by atoms with van der Waals surface area (Å²) in [4.78, 5) is 12.1. The van der Waals surface area contributed by atoms with Crippen LogP contribution in [0.4, 0.5) is 5.95 Å². The van der Waals surface area contributed by atoms with Gasteiger partial charge in [-0.1, -0.05) is 30.2 Å². The van der Waals surface area contributed by atoms with Gasteiger partial charge in [0, 0.05) is 42.1 Å². The fourth-order valence-electron chi connectivity index (χ4n) is 5.21. The van der Waals surface area contributed by atoms with Gasteiger partial charge < -0.3 is 10.6 Å². The number of benzene rings is 1. The molecule has 1 saturated carbocycles. The van der Waals surface area contributed by atoms with E-state index >= 15 is 0 Å². The number of anilines is 1. The van der Waals surface area contributed by atoms with Crippen LogP contribution in [0, 0.1) is 12.3 Å². The molecule has 3 aromatic rings. The molecule has 0 amide bonds. The van der Waals surface area contributed by atoms with Crippen LogP contribution in [0.5, 0.6) is 0 Å². The highest BCUT2D eigenvalue weighted by molar-refractivity contribution is 6.30. The number of halogens is 1. The Morgan fingerprint density at radius 2 is 2.04 bits per heavy atom. The van der Waals surface area contributed by atoms with Crippen LogP contribution >= 0.6 is 11.6 Å². The van der Waals surface area contributed by atoms with E-state index in [2.05, 4.69) is 27.3 Å². The predicted molar refractivity (Wildman–Crippen MR) is 114 cm³/mol. The number of aryl methyl sites for hydroxylation is 1. The van der Waals surface area contributed by atoms with Gasteiger partial charge >= 0.3 is 0 Å². The zero-order valence-corrected chi connectivity index (χ0v) is 17.0. The first-order valence-electron chi connectivity index (χ1n) is 10.2. The van der Waals surface area contributed by atoms with E-state index in [4.69, 9.17) is 22.3 Å². The summed E-state index contributed by atoms with van der Waals surface area (Å²) in [6.07, 6.45) is 9.91. The monoisotopic (exact) mass is 395 g/mol. The molecular weight excluding hydrogens is 370 g/mol. The quantitative estimate of drug-likeness (QED) is 0.696. The molecule has 2 fully saturated rings. The number of fused-ring (bicyclic) bond motifs is 1. The van der Waals surface area contributed by atoms with E-state index < -0.39 is 0 Å². The minimum atomic E-state index is 0.348. The molecule has 1 aliphatic heterocycles. The van der Waals surface area contributed by atoms with E-state index in [1.807, 2.05) is 30.6 Å². The summed E-state index contributed by atoms with van der Waals surface area (Å²) in [5.74, 6) is 0.984. The number of imidazole rings is 1. The summed E-state index contributed by atoms with van der Waals surface area (Å²) < 4.78 is 2.12. The smallest absolute Gasteiger partial charge is 0.211 e. The van der Waals surface area contributed by atoms with Crippen LogP contribution in [0.1, 0.15) is 37.8 Å². The van der Waals surface area contributed by atoms with Crippen LogP contribution in [-0.2, 0) is 0 Å². The van der Waals surface area contributed by atoms with Gasteiger partial charge in [0.05, 0.1) is 5.69 Å². The maximum atomic E-state index is 6.46. The Kier molecular flexibility index (Phi) is 4.33. The number of piperidine rings is 1. The van der Waals surface area contributed by atoms with Crippen molar-refractivity contribution in [3.05, 3.63) is 47.4 Å². The van der Waals surface area contributed by atoms with Crippen molar-refractivity contribution in [2.45, 2.75) is 45.1 Å². The number of nitrogens with zero attached hydrogens (tertiary/aromatic N) is 4. The Balaban J connectivity index is 1.52. The van der Waals surface area contributed by atoms with Crippen LogP contribution < -0.4 is 10.6 Å². The fourth-order valence-corrected chi connectivity index (χ4v) is 5.41. The Labute approximate surface area is 170 Å². The lowest BCUT2D eigenvalue weighted by Gasteiger charge is -2.42. The fraction of sp³-hybridized carbons (Fsp3) is 0.455. The molecule has 1 atom stereocenters. The molecule has 3 heterocycles. The normalized spacial score (nSPS) is 21.7. The molecule has 28 heavy (non-hydrogen) atoms. The maximum absolute atomic E-state index is 6.46. The Bertz CT molecular complexity index is 1020. The summed E-state index contributed by atoms with van der Waals surface area (Å²) in [5.41, 5.74) is 10.8. The topological polar surface area (TPSA) is 59.5 Å². The van der Waals surface area contributed by atoms with Gasteiger partial charge in [-0.2, -0.15) is 0 Å². The van der Waals surface area contributed by atoms with Crippen molar-refractivity contribution in [1.29, 1.82) is 0 Å². The Morgan fingerprint density at radius 1 is 1.21 bits per heavy atom. The lowest BCUT2D eigenvalue weighted by atomic mass is 9.74. The number of nitrogens with two attached hydrogens (primary N) is 1. The molecule has 2 aliphatic rings. The third-order valence-corrected chi connectivity index (χ3v) is 7.08. The minimum absolute atomic E-state index is 0.348. The zero-order chi connectivity index (χ0) is 19.3. The van der Waals surface area contributed by atoms with Crippen LogP contribution in [0.25, 0.3) is 16.8 Å². The van der Waals surface area contributed by atoms with Gasteiger partial charge in [-0.3, -0.25) is 4.40 Å². The molecule has 1 aromatic carbocycles. The molecule has 1 saturated heterocycles. The van der Waals surface area contributed by atoms with Crippen molar-refractivity contribution in [3.8, 4) is 11.1 Å². The first-order chi connectivity index (χ1) is 13.6. The molecule has 0 unspecified atom stereocenters. The second kappa shape index (κ2) is 6.75. The van der Waals surface area contributed by atoms with Crippen LogP contribution in [0.15, 0.2) is 36.7 Å². The van der Waals surface area contributed by atoms with Gasteiger partial charge in [0.15, 0.2) is 0 Å². The van der Waals surface area contributed by atoms with Gasteiger partial charge in [-0.05, 0) is 55.7 Å². The summed E-state index contributed by atoms with van der Waals surface area (Å²) in [5, 5.41) is 0.722. The highest BCUT2D eigenvalue weighted by atomic mass is 35.5. The summed E-state index contributed by atoms with van der Waals surface area (Å²) in [6.45, 7) is 4.07. The number of hydrogen-bond donors (Lipinski definition) is 1. The van der Waals surface area contributed by atoms with Gasteiger partial charge in [0.25, 0.3) is 0 Å². The SMILES string of the molecule is Cc1nc(N2CCC3(CCC[C@H]3N)CC2)n2ccnc2c1-c1cccc(Cl)c1. The largest absolute Gasteiger partial charge is 0.342 e. The van der Waals surface area contributed by atoms with E-state index in [0.717, 1.165) is 59.4 Å². The lowest BCUT2D eigenvalue weighted by molar-refractivity contribution is 0.197. The number of hydrogen-bond acceptors (Lipinski definition) is 4. The molecule has 5 nitrogen and oxygen atoms in total. The van der Waals surface area contributed by atoms with E-state index in [1.165, 1.54) is 19.3 Å². The molecule has 5 rings (SSSR count). The highest BCUT2D eigenvalue weighted by Crippen LogP contribution is 2.46. The van der Waals surface area contributed by atoms with Gasteiger partial charge in [-0.25, -0.2) is 9.97 Å². The van der Waals surface area contributed by atoms with Crippen molar-refractivity contribution >= 4 is 23.2 Å². The summed E-state index contributed by atoms with van der Waals surface area (Å²) in [7, 11) is 0. The van der Waals surface area contributed by atoms with Crippen LogP contribution in [-0.4, -0.2) is 33.5 Å². The molecule has 2 N–H and O–H groups in total. The standard InChI is InChI=1S/C22H26ClN5/c1-15-19(16-4-2-5-17(23)14-16)20-25-10-13-28(20)21(26-15)27-11-8-22(9-12-27)7-3-6-18(22)24/h2,4-5,10,13-14,18H,3,6-9,11-12,24H2,1H3/t18-/m1/s1. The Morgan fingerprint density at radius 3 is 2.75 bits per heavy atom. The molecule has 0 bridgehead atoms. The number of rotatable bonds is 2. The molecule has 2 aromatic heterocycles. The summed E-state index contributed by atoms with van der Waals surface area (Å²) >= 11 is 6.23. The van der Waals surface area contributed by atoms with Crippen LogP contribution in [0.3, 0.4) is 0 Å². The van der Waals surface area contributed by atoms with Gasteiger partial charge in [0.1, 0.15) is 5.65 Å². The maximum Gasteiger partial charge on any atom is 0.211 e. The first kappa shape index (κ1) is 18.0. The van der Waals surface area contributed by atoms with Gasteiger partial charge in [-0.15, -0.1) is 0 Å².